The molecule has 0 bridgehead atoms. The molecule has 1 amide bonds. The van der Waals surface area contributed by atoms with Crippen molar-refractivity contribution in [3.63, 3.8) is 0 Å². The van der Waals surface area contributed by atoms with Crippen molar-refractivity contribution in [3.8, 4) is 0 Å². The molecule has 1 fully saturated rings. The number of carbonyl (C=O) groups excluding carboxylic acids is 1. The van der Waals surface area contributed by atoms with E-state index < -0.39 is 0 Å². The minimum atomic E-state index is -0.339. The lowest BCUT2D eigenvalue weighted by Gasteiger charge is -2.29. The van der Waals surface area contributed by atoms with Crippen molar-refractivity contribution < 1.29 is 13.6 Å². The number of aromatic nitrogens is 1. The molecule has 33 heavy (non-hydrogen) atoms. The highest BCUT2D eigenvalue weighted by atomic mass is 19.1. The highest BCUT2D eigenvalue weighted by molar-refractivity contribution is 6.05. The van der Waals surface area contributed by atoms with Crippen LogP contribution >= 0.6 is 0 Å². The Kier molecular flexibility index (Phi) is 6.01. The van der Waals surface area contributed by atoms with Gasteiger partial charge in [-0.25, -0.2) is 4.39 Å². The van der Waals surface area contributed by atoms with Crippen LogP contribution in [0.25, 0.3) is 11.1 Å². The van der Waals surface area contributed by atoms with Gasteiger partial charge in [0.1, 0.15) is 17.3 Å². The van der Waals surface area contributed by atoms with Gasteiger partial charge in [-0.2, -0.15) is 0 Å². The normalized spacial score (nSPS) is 15.2. The second-order valence-corrected chi connectivity index (χ2v) is 8.98. The second-order valence-electron chi connectivity index (χ2n) is 8.98. The van der Waals surface area contributed by atoms with Gasteiger partial charge in [0.2, 0.25) is 0 Å². The molecule has 0 saturated carbocycles. The first-order valence-corrected chi connectivity index (χ1v) is 11.5. The van der Waals surface area contributed by atoms with Gasteiger partial charge < -0.3 is 14.3 Å². The van der Waals surface area contributed by atoms with E-state index in [2.05, 4.69) is 23.2 Å². The number of anilines is 1. The Morgan fingerprint density at radius 1 is 1.03 bits per heavy atom. The van der Waals surface area contributed by atoms with Crippen molar-refractivity contribution >= 4 is 22.7 Å². The van der Waals surface area contributed by atoms with Crippen LogP contribution in [0.4, 0.5) is 10.1 Å². The Balaban J connectivity index is 1.44. The third-order valence-electron chi connectivity index (χ3n) is 6.41. The van der Waals surface area contributed by atoms with Gasteiger partial charge in [-0.05, 0) is 61.7 Å². The van der Waals surface area contributed by atoms with E-state index in [1.165, 1.54) is 25.0 Å². The number of halogens is 1. The quantitative estimate of drug-likeness (QED) is 0.402. The molecule has 6 heteroatoms. The Labute approximate surface area is 192 Å². The standard InChI is InChI=1S/C27H28FN3O2/c1-19-11-13-30(14-12-19)18-23-15-24-26(33-23)16-25(31(24)17-20-5-3-2-4-6-20)27(32)29-22-9-7-21(28)8-10-22/h2-10,15-16,19H,11-14,17-18H2,1H3,(H,29,32). The number of nitrogens with one attached hydrogen (secondary N) is 1. The number of hydrogen-bond donors (Lipinski definition) is 1. The van der Waals surface area contributed by atoms with Gasteiger partial charge in [0.25, 0.3) is 5.91 Å². The number of carbonyl (C=O) groups is 1. The van der Waals surface area contributed by atoms with E-state index in [-0.39, 0.29) is 11.7 Å². The lowest BCUT2D eigenvalue weighted by molar-refractivity contribution is 0.101. The molecule has 4 aromatic rings. The molecule has 3 heterocycles. The molecule has 1 N–H and O–H groups in total. The Morgan fingerprint density at radius 3 is 2.48 bits per heavy atom. The fraction of sp³-hybridized carbons (Fsp3) is 0.296. The van der Waals surface area contributed by atoms with E-state index >= 15 is 0 Å². The summed E-state index contributed by atoms with van der Waals surface area (Å²) in [7, 11) is 0. The van der Waals surface area contributed by atoms with E-state index in [1.54, 1.807) is 18.2 Å². The van der Waals surface area contributed by atoms with Crippen molar-refractivity contribution in [3.05, 3.63) is 89.6 Å². The molecular weight excluding hydrogens is 417 g/mol. The maximum atomic E-state index is 13.2. The molecule has 5 nitrogen and oxygen atoms in total. The molecule has 0 radical (unpaired) electrons. The van der Waals surface area contributed by atoms with Gasteiger partial charge in [-0.1, -0.05) is 37.3 Å². The van der Waals surface area contributed by atoms with Crippen LogP contribution < -0.4 is 5.32 Å². The summed E-state index contributed by atoms with van der Waals surface area (Å²) >= 11 is 0. The fourth-order valence-electron chi connectivity index (χ4n) is 4.46. The predicted octanol–water partition coefficient (Wildman–Crippen LogP) is 5.91. The lowest BCUT2D eigenvalue weighted by atomic mass is 9.99. The SMILES string of the molecule is CC1CCN(Cc2cc3c(cc(C(=O)Nc4ccc(F)cc4)n3Cc3ccccc3)o2)CC1. The van der Waals surface area contributed by atoms with Gasteiger partial charge in [0, 0.05) is 24.4 Å². The monoisotopic (exact) mass is 445 g/mol. The van der Waals surface area contributed by atoms with Gasteiger partial charge >= 0.3 is 0 Å². The van der Waals surface area contributed by atoms with Crippen molar-refractivity contribution in [2.75, 3.05) is 18.4 Å². The number of hydrogen-bond acceptors (Lipinski definition) is 3. The summed E-state index contributed by atoms with van der Waals surface area (Å²) in [4.78, 5) is 15.6. The van der Waals surface area contributed by atoms with Crippen LogP contribution in [-0.4, -0.2) is 28.5 Å². The van der Waals surface area contributed by atoms with E-state index in [1.807, 2.05) is 34.9 Å². The molecule has 2 aromatic heterocycles. The maximum Gasteiger partial charge on any atom is 0.272 e. The number of likely N-dealkylation sites (tertiary alicyclic amines) is 1. The summed E-state index contributed by atoms with van der Waals surface area (Å²) < 4.78 is 21.4. The minimum absolute atomic E-state index is 0.254. The average Bonchev–Trinajstić information content (AvgIpc) is 3.36. The molecule has 170 valence electrons. The van der Waals surface area contributed by atoms with E-state index in [0.717, 1.165) is 42.4 Å². The summed E-state index contributed by atoms with van der Waals surface area (Å²) in [5.74, 6) is 1.11. The number of rotatable bonds is 6. The summed E-state index contributed by atoms with van der Waals surface area (Å²) in [6.45, 7) is 5.81. The second kappa shape index (κ2) is 9.24. The number of benzene rings is 2. The van der Waals surface area contributed by atoms with Gasteiger partial charge in [0.15, 0.2) is 5.58 Å². The largest absolute Gasteiger partial charge is 0.458 e. The minimum Gasteiger partial charge on any atom is -0.458 e. The summed E-state index contributed by atoms with van der Waals surface area (Å²) in [5.41, 5.74) is 3.76. The molecule has 2 aromatic carbocycles. The molecular formula is C27H28FN3O2. The predicted molar refractivity (Wildman–Crippen MR) is 128 cm³/mol. The van der Waals surface area contributed by atoms with Crippen LogP contribution in [0.3, 0.4) is 0 Å². The summed E-state index contributed by atoms with van der Waals surface area (Å²) in [6, 6.07) is 19.7. The van der Waals surface area contributed by atoms with Crippen LogP contribution in [-0.2, 0) is 13.1 Å². The first-order valence-electron chi connectivity index (χ1n) is 11.5. The zero-order valence-electron chi connectivity index (χ0n) is 18.8. The zero-order chi connectivity index (χ0) is 22.8. The fourth-order valence-corrected chi connectivity index (χ4v) is 4.46. The molecule has 1 saturated heterocycles. The Bertz CT molecular complexity index is 1240. The molecule has 5 rings (SSSR count). The van der Waals surface area contributed by atoms with Gasteiger partial charge in [-0.3, -0.25) is 9.69 Å². The van der Waals surface area contributed by atoms with Gasteiger partial charge in [0.05, 0.1) is 12.1 Å². The molecule has 0 spiro atoms. The van der Waals surface area contributed by atoms with Crippen molar-refractivity contribution in [1.29, 1.82) is 0 Å². The summed E-state index contributed by atoms with van der Waals surface area (Å²) in [5, 5.41) is 2.87. The maximum absolute atomic E-state index is 13.2. The smallest absolute Gasteiger partial charge is 0.272 e. The third-order valence-corrected chi connectivity index (χ3v) is 6.41. The summed E-state index contributed by atoms with van der Waals surface area (Å²) in [6.07, 6.45) is 2.43. The number of nitrogens with zero attached hydrogens (tertiary/aromatic N) is 2. The van der Waals surface area contributed by atoms with Crippen molar-refractivity contribution in [2.45, 2.75) is 32.9 Å². The molecule has 0 unspecified atom stereocenters. The van der Waals surface area contributed by atoms with E-state index in [0.29, 0.717) is 23.5 Å². The van der Waals surface area contributed by atoms with E-state index in [9.17, 15) is 9.18 Å². The van der Waals surface area contributed by atoms with Crippen LogP contribution in [0.1, 0.15) is 41.6 Å². The first kappa shape index (κ1) is 21.5. The number of piperidine rings is 1. The van der Waals surface area contributed by atoms with Crippen LogP contribution in [0.2, 0.25) is 0 Å². The zero-order valence-corrected chi connectivity index (χ0v) is 18.8. The number of amides is 1. The first-order chi connectivity index (χ1) is 16.0. The molecule has 1 aliphatic rings. The number of furan rings is 1. The topological polar surface area (TPSA) is 50.4 Å². The molecule has 0 aliphatic carbocycles. The molecule has 1 aliphatic heterocycles. The Hall–Kier alpha value is -3.38. The average molecular weight is 446 g/mol. The van der Waals surface area contributed by atoms with Crippen molar-refractivity contribution in [2.24, 2.45) is 5.92 Å². The van der Waals surface area contributed by atoms with Crippen molar-refractivity contribution in [1.82, 2.24) is 9.47 Å². The number of fused-ring (bicyclic) bond motifs is 1. The highest BCUT2D eigenvalue weighted by Crippen LogP contribution is 2.28. The Morgan fingerprint density at radius 2 is 1.76 bits per heavy atom. The lowest BCUT2D eigenvalue weighted by Crippen LogP contribution is -2.32. The van der Waals surface area contributed by atoms with Gasteiger partial charge in [-0.15, -0.1) is 0 Å². The van der Waals surface area contributed by atoms with E-state index in [4.69, 9.17) is 4.42 Å². The van der Waals surface area contributed by atoms with Crippen LogP contribution in [0.5, 0.6) is 0 Å². The van der Waals surface area contributed by atoms with Crippen LogP contribution in [0, 0.1) is 11.7 Å². The van der Waals surface area contributed by atoms with Crippen LogP contribution in [0.15, 0.2) is 71.1 Å². The third kappa shape index (κ3) is 4.86. The highest BCUT2D eigenvalue weighted by Gasteiger charge is 2.22. The molecule has 0 atom stereocenters.